The monoisotopic (exact) mass is 279 g/mol. The second kappa shape index (κ2) is 5.61. The van der Waals surface area contributed by atoms with Crippen molar-refractivity contribution in [2.24, 2.45) is 5.41 Å². The van der Waals surface area contributed by atoms with Crippen LogP contribution < -0.4 is 5.32 Å². The Bertz CT molecular complexity index is 532. The molecule has 1 amide bonds. The molecule has 108 valence electrons. The maximum Gasteiger partial charge on any atom is 0.311 e. The van der Waals surface area contributed by atoms with Crippen LogP contribution in [0.4, 0.5) is 4.39 Å². The Morgan fingerprint density at radius 3 is 2.90 bits per heavy atom. The number of hydrogen-bond donors (Lipinski definition) is 2. The van der Waals surface area contributed by atoms with E-state index in [1.165, 1.54) is 12.1 Å². The van der Waals surface area contributed by atoms with Gasteiger partial charge in [0.05, 0.1) is 11.8 Å². The lowest BCUT2D eigenvalue weighted by Gasteiger charge is -2.27. The molecule has 0 aromatic heterocycles. The van der Waals surface area contributed by atoms with E-state index in [0.717, 1.165) is 6.42 Å². The van der Waals surface area contributed by atoms with Gasteiger partial charge in [-0.2, -0.15) is 0 Å². The molecule has 2 unspecified atom stereocenters. The number of rotatable bonds is 4. The second-order valence-electron chi connectivity index (χ2n) is 5.54. The fourth-order valence-corrected chi connectivity index (χ4v) is 2.73. The molecule has 0 heterocycles. The summed E-state index contributed by atoms with van der Waals surface area (Å²) in [6.45, 7) is 1.66. The highest BCUT2D eigenvalue weighted by molar-refractivity contribution is 5.81. The molecule has 0 spiro atoms. The van der Waals surface area contributed by atoms with Crippen molar-refractivity contribution in [1.82, 2.24) is 5.32 Å². The van der Waals surface area contributed by atoms with E-state index < -0.39 is 11.4 Å². The van der Waals surface area contributed by atoms with Gasteiger partial charge in [-0.3, -0.25) is 9.59 Å². The van der Waals surface area contributed by atoms with E-state index in [2.05, 4.69) is 5.32 Å². The van der Waals surface area contributed by atoms with E-state index in [1.54, 1.807) is 19.1 Å². The number of nitrogens with one attached hydrogen (secondary N) is 1. The first kappa shape index (κ1) is 14.5. The largest absolute Gasteiger partial charge is 0.481 e. The topological polar surface area (TPSA) is 66.4 Å². The SMILES string of the molecule is CC1(C(=O)O)CCCC1NC(=O)Cc1cccc(F)c1. The number of hydrogen-bond acceptors (Lipinski definition) is 2. The predicted molar refractivity (Wildman–Crippen MR) is 71.6 cm³/mol. The standard InChI is InChI=1S/C15H18FNO3/c1-15(14(19)20)7-3-6-12(15)17-13(18)9-10-4-2-5-11(16)8-10/h2,4-5,8,12H,3,6-7,9H2,1H3,(H,17,18)(H,19,20). The maximum atomic E-state index is 13.0. The Kier molecular flexibility index (Phi) is 4.06. The van der Waals surface area contributed by atoms with Gasteiger partial charge in [-0.25, -0.2) is 4.39 Å². The molecule has 1 aliphatic carbocycles. The molecule has 1 aromatic carbocycles. The molecule has 2 rings (SSSR count). The number of aliphatic carboxylic acids is 1. The Morgan fingerprint density at radius 2 is 2.25 bits per heavy atom. The van der Waals surface area contributed by atoms with E-state index in [1.807, 2.05) is 0 Å². The molecule has 2 atom stereocenters. The summed E-state index contributed by atoms with van der Waals surface area (Å²) in [5.41, 5.74) is -0.324. The third-order valence-corrected chi connectivity index (χ3v) is 4.04. The van der Waals surface area contributed by atoms with Crippen LogP contribution in [0.5, 0.6) is 0 Å². The molecule has 5 heteroatoms. The van der Waals surface area contributed by atoms with Crippen molar-refractivity contribution in [3.05, 3.63) is 35.6 Å². The van der Waals surface area contributed by atoms with Gasteiger partial charge in [-0.05, 0) is 37.5 Å². The van der Waals surface area contributed by atoms with Gasteiger partial charge >= 0.3 is 5.97 Å². The number of carboxylic acid groups (broad SMARTS) is 1. The van der Waals surface area contributed by atoms with Gasteiger partial charge in [0.2, 0.25) is 5.91 Å². The lowest BCUT2D eigenvalue weighted by Crippen LogP contribution is -2.47. The second-order valence-corrected chi connectivity index (χ2v) is 5.54. The lowest BCUT2D eigenvalue weighted by molar-refractivity contribution is -0.149. The van der Waals surface area contributed by atoms with Crippen molar-refractivity contribution < 1.29 is 19.1 Å². The van der Waals surface area contributed by atoms with Crippen LogP contribution in [0.2, 0.25) is 0 Å². The van der Waals surface area contributed by atoms with Crippen molar-refractivity contribution >= 4 is 11.9 Å². The van der Waals surface area contributed by atoms with Crippen LogP contribution in [0.25, 0.3) is 0 Å². The molecule has 20 heavy (non-hydrogen) atoms. The molecule has 0 aliphatic heterocycles. The van der Waals surface area contributed by atoms with Crippen molar-refractivity contribution in [1.29, 1.82) is 0 Å². The lowest BCUT2D eigenvalue weighted by atomic mass is 9.85. The van der Waals surface area contributed by atoms with Crippen molar-refractivity contribution in [3.8, 4) is 0 Å². The first-order valence-electron chi connectivity index (χ1n) is 6.69. The van der Waals surface area contributed by atoms with E-state index in [-0.39, 0.29) is 24.2 Å². The number of carbonyl (C=O) groups excluding carboxylic acids is 1. The maximum absolute atomic E-state index is 13.0. The summed E-state index contributed by atoms with van der Waals surface area (Å²) in [5.74, 6) is -1.53. The summed E-state index contributed by atoms with van der Waals surface area (Å²) in [6.07, 6.45) is 2.07. The van der Waals surface area contributed by atoms with Gasteiger partial charge in [0.15, 0.2) is 0 Å². The zero-order valence-corrected chi connectivity index (χ0v) is 11.4. The van der Waals surface area contributed by atoms with E-state index in [0.29, 0.717) is 18.4 Å². The van der Waals surface area contributed by atoms with Crippen LogP contribution in [0.3, 0.4) is 0 Å². The Morgan fingerprint density at radius 1 is 1.50 bits per heavy atom. The Hall–Kier alpha value is -1.91. The third-order valence-electron chi connectivity index (χ3n) is 4.04. The average Bonchev–Trinajstić information content (AvgIpc) is 2.72. The summed E-state index contributed by atoms with van der Waals surface area (Å²) in [7, 11) is 0. The van der Waals surface area contributed by atoms with Crippen LogP contribution >= 0.6 is 0 Å². The van der Waals surface area contributed by atoms with Gasteiger partial charge in [-0.15, -0.1) is 0 Å². The van der Waals surface area contributed by atoms with E-state index in [9.17, 15) is 19.1 Å². The minimum Gasteiger partial charge on any atom is -0.481 e. The summed E-state index contributed by atoms with van der Waals surface area (Å²) < 4.78 is 13.0. The Labute approximate surface area is 117 Å². The zero-order chi connectivity index (χ0) is 14.8. The molecule has 1 saturated carbocycles. The molecule has 0 radical (unpaired) electrons. The number of carboxylic acids is 1. The molecule has 0 saturated heterocycles. The van der Waals surface area contributed by atoms with Crippen LogP contribution in [-0.2, 0) is 16.0 Å². The normalized spacial score (nSPS) is 25.4. The molecule has 0 bridgehead atoms. The van der Waals surface area contributed by atoms with E-state index >= 15 is 0 Å². The predicted octanol–water partition coefficient (Wildman–Crippen LogP) is 2.13. The van der Waals surface area contributed by atoms with Gasteiger partial charge in [0, 0.05) is 6.04 Å². The first-order valence-corrected chi connectivity index (χ1v) is 6.69. The average molecular weight is 279 g/mol. The molecule has 1 aliphatic rings. The van der Waals surface area contributed by atoms with Gasteiger partial charge in [0.25, 0.3) is 0 Å². The highest BCUT2D eigenvalue weighted by atomic mass is 19.1. The smallest absolute Gasteiger partial charge is 0.311 e. The molecular formula is C15H18FNO3. The molecule has 4 nitrogen and oxygen atoms in total. The van der Waals surface area contributed by atoms with Crippen molar-refractivity contribution in [2.45, 2.75) is 38.6 Å². The minimum absolute atomic E-state index is 0.0595. The quantitative estimate of drug-likeness (QED) is 0.887. The van der Waals surface area contributed by atoms with Crippen molar-refractivity contribution in [3.63, 3.8) is 0 Å². The summed E-state index contributed by atoms with van der Waals surface area (Å²) in [4.78, 5) is 23.3. The van der Waals surface area contributed by atoms with Crippen LogP contribution in [0, 0.1) is 11.2 Å². The van der Waals surface area contributed by atoms with Gasteiger partial charge in [-0.1, -0.05) is 18.6 Å². The number of halogens is 1. The summed E-state index contributed by atoms with van der Waals surface area (Å²) in [6, 6.07) is 5.49. The number of amides is 1. The number of benzene rings is 1. The fraction of sp³-hybridized carbons (Fsp3) is 0.467. The molecule has 1 fully saturated rings. The molecule has 2 N–H and O–H groups in total. The highest BCUT2D eigenvalue weighted by Crippen LogP contribution is 2.38. The zero-order valence-electron chi connectivity index (χ0n) is 11.4. The summed E-state index contributed by atoms with van der Waals surface area (Å²) >= 11 is 0. The highest BCUT2D eigenvalue weighted by Gasteiger charge is 2.45. The molecule has 1 aromatic rings. The van der Waals surface area contributed by atoms with Crippen LogP contribution in [0.1, 0.15) is 31.7 Å². The first-order chi connectivity index (χ1) is 9.41. The minimum atomic E-state index is -0.905. The third kappa shape index (κ3) is 2.98. The van der Waals surface area contributed by atoms with Gasteiger partial charge in [0.1, 0.15) is 5.82 Å². The molecular weight excluding hydrogens is 261 g/mol. The van der Waals surface area contributed by atoms with E-state index in [4.69, 9.17) is 0 Å². The van der Waals surface area contributed by atoms with Crippen molar-refractivity contribution in [2.75, 3.05) is 0 Å². The fourth-order valence-electron chi connectivity index (χ4n) is 2.73. The summed E-state index contributed by atoms with van der Waals surface area (Å²) in [5, 5.41) is 12.1. The van der Waals surface area contributed by atoms with Gasteiger partial charge < -0.3 is 10.4 Å². The number of carbonyl (C=O) groups is 2. The van der Waals surface area contributed by atoms with Crippen LogP contribution in [0.15, 0.2) is 24.3 Å². The van der Waals surface area contributed by atoms with Crippen LogP contribution in [-0.4, -0.2) is 23.0 Å². The Balaban J connectivity index is 2.00.